The molecular formula is C34H29BrN4O4S. The van der Waals surface area contributed by atoms with Gasteiger partial charge in [0.1, 0.15) is 5.75 Å². The number of thiazole rings is 1. The number of rotatable bonds is 7. The van der Waals surface area contributed by atoms with Crippen molar-refractivity contribution in [3.63, 3.8) is 0 Å². The Balaban J connectivity index is 1.55. The smallest absolute Gasteiger partial charge is 0.338 e. The van der Waals surface area contributed by atoms with Gasteiger partial charge in [-0.3, -0.25) is 9.36 Å². The summed E-state index contributed by atoms with van der Waals surface area (Å²) in [5, 5.41) is 4.90. The van der Waals surface area contributed by atoms with Crippen LogP contribution in [0.15, 0.2) is 111 Å². The van der Waals surface area contributed by atoms with Crippen LogP contribution >= 0.6 is 27.3 Å². The summed E-state index contributed by atoms with van der Waals surface area (Å²) in [7, 11) is 1.59. The Labute approximate surface area is 266 Å². The van der Waals surface area contributed by atoms with Crippen LogP contribution in [0.3, 0.4) is 0 Å². The summed E-state index contributed by atoms with van der Waals surface area (Å²) >= 11 is 4.79. The van der Waals surface area contributed by atoms with Gasteiger partial charge in [-0.2, -0.15) is 5.10 Å². The zero-order valence-corrected chi connectivity index (χ0v) is 26.9. The fourth-order valence-corrected chi connectivity index (χ4v) is 6.44. The molecule has 3 aromatic carbocycles. The van der Waals surface area contributed by atoms with E-state index in [9.17, 15) is 9.59 Å². The number of methoxy groups -OCH3 is 1. The molecule has 6 rings (SSSR count). The van der Waals surface area contributed by atoms with Crippen molar-refractivity contribution in [1.82, 2.24) is 14.3 Å². The molecule has 8 nitrogen and oxygen atoms in total. The number of esters is 1. The molecule has 1 atom stereocenters. The number of hydrogen-bond donors (Lipinski definition) is 0. The van der Waals surface area contributed by atoms with Crippen molar-refractivity contribution >= 4 is 39.3 Å². The maximum atomic E-state index is 14.2. The lowest BCUT2D eigenvalue weighted by molar-refractivity contribution is -0.143. The Morgan fingerprint density at radius 2 is 1.73 bits per heavy atom. The summed E-state index contributed by atoms with van der Waals surface area (Å²) in [6, 6.07) is 24.3. The Morgan fingerprint density at radius 1 is 1.02 bits per heavy atom. The summed E-state index contributed by atoms with van der Waals surface area (Å²) < 4.78 is 15.8. The second kappa shape index (κ2) is 12.2. The van der Waals surface area contributed by atoms with E-state index in [1.165, 1.54) is 11.3 Å². The SMILES string of the molecule is COc1ccc(C2C(C(=O)OC(C)C)=C(C)N=c3sc(=Cc4cn(-c5ccccc5)nc4-c4ccc(Br)cc4)c(=O)n32)cc1. The first-order valence-corrected chi connectivity index (χ1v) is 15.6. The van der Waals surface area contributed by atoms with Gasteiger partial charge in [0, 0.05) is 21.8 Å². The van der Waals surface area contributed by atoms with Gasteiger partial charge >= 0.3 is 5.97 Å². The van der Waals surface area contributed by atoms with Crippen LogP contribution in [-0.4, -0.2) is 33.5 Å². The van der Waals surface area contributed by atoms with Crippen molar-refractivity contribution in [3.05, 3.63) is 132 Å². The van der Waals surface area contributed by atoms with Crippen LogP contribution in [-0.2, 0) is 9.53 Å². The zero-order valence-electron chi connectivity index (χ0n) is 24.5. The van der Waals surface area contributed by atoms with E-state index in [1.54, 1.807) is 32.4 Å². The van der Waals surface area contributed by atoms with Gasteiger partial charge in [0.15, 0.2) is 4.80 Å². The predicted octanol–water partition coefficient (Wildman–Crippen LogP) is 5.81. The molecule has 44 heavy (non-hydrogen) atoms. The maximum absolute atomic E-state index is 14.2. The minimum Gasteiger partial charge on any atom is -0.497 e. The number of ether oxygens (including phenoxy) is 2. The average molecular weight is 670 g/mol. The average Bonchev–Trinajstić information content (AvgIpc) is 3.57. The van der Waals surface area contributed by atoms with Gasteiger partial charge in [0.2, 0.25) is 0 Å². The highest BCUT2D eigenvalue weighted by Crippen LogP contribution is 2.32. The highest BCUT2D eigenvalue weighted by molar-refractivity contribution is 9.10. The molecule has 0 aliphatic carbocycles. The van der Waals surface area contributed by atoms with Gasteiger partial charge in [0.25, 0.3) is 5.56 Å². The molecule has 0 radical (unpaired) electrons. The van der Waals surface area contributed by atoms with Crippen molar-refractivity contribution in [1.29, 1.82) is 0 Å². The molecule has 0 fully saturated rings. The summed E-state index contributed by atoms with van der Waals surface area (Å²) in [4.78, 5) is 32.9. The molecule has 0 N–H and O–H groups in total. The number of carbonyl (C=O) groups is 1. The van der Waals surface area contributed by atoms with E-state index in [0.29, 0.717) is 26.4 Å². The molecule has 10 heteroatoms. The molecule has 222 valence electrons. The van der Waals surface area contributed by atoms with E-state index < -0.39 is 12.0 Å². The van der Waals surface area contributed by atoms with E-state index in [4.69, 9.17) is 19.6 Å². The standard InChI is InChI=1S/C34H29BrN4O4S/c1-20(2)43-33(41)29-21(3)36-34-39(31(29)23-12-16-27(42-4)17-13-23)32(40)28(44-34)18-24-19-38(26-8-6-5-7-9-26)37-30(24)22-10-14-25(35)15-11-22/h5-20,31H,1-4H3. The number of allylic oxidation sites excluding steroid dienone is 1. The van der Waals surface area contributed by atoms with Crippen molar-refractivity contribution in [2.24, 2.45) is 4.99 Å². The van der Waals surface area contributed by atoms with Crippen LogP contribution < -0.4 is 19.6 Å². The summed E-state index contributed by atoms with van der Waals surface area (Å²) in [5.74, 6) is 0.169. The highest BCUT2D eigenvalue weighted by atomic mass is 79.9. The number of para-hydroxylation sites is 1. The van der Waals surface area contributed by atoms with E-state index in [0.717, 1.165) is 32.5 Å². The fraction of sp³-hybridized carbons (Fsp3) is 0.176. The van der Waals surface area contributed by atoms with Crippen molar-refractivity contribution in [2.75, 3.05) is 7.11 Å². The van der Waals surface area contributed by atoms with Crippen LogP contribution in [0.2, 0.25) is 0 Å². The fourth-order valence-electron chi connectivity index (χ4n) is 5.14. The molecule has 0 saturated carbocycles. The topological polar surface area (TPSA) is 87.7 Å². The monoisotopic (exact) mass is 668 g/mol. The number of benzene rings is 3. The van der Waals surface area contributed by atoms with Gasteiger partial charge in [-0.05, 0) is 68.8 Å². The van der Waals surface area contributed by atoms with Crippen molar-refractivity contribution in [2.45, 2.75) is 32.9 Å². The van der Waals surface area contributed by atoms with Gasteiger partial charge < -0.3 is 9.47 Å². The number of aromatic nitrogens is 3. The number of hydrogen-bond acceptors (Lipinski definition) is 7. The second-order valence-electron chi connectivity index (χ2n) is 10.5. The zero-order chi connectivity index (χ0) is 31.0. The molecule has 1 unspecified atom stereocenters. The third-order valence-electron chi connectivity index (χ3n) is 7.18. The number of carbonyl (C=O) groups excluding carboxylic acids is 1. The molecule has 2 aromatic heterocycles. The van der Waals surface area contributed by atoms with E-state index >= 15 is 0 Å². The van der Waals surface area contributed by atoms with Gasteiger partial charge in [-0.25, -0.2) is 14.5 Å². The van der Waals surface area contributed by atoms with Gasteiger partial charge in [-0.1, -0.05) is 69.7 Å². The molecule has 1 aliphatic rings. The van der Waals surface area contributed by atoms with E-state index in [2.05, 4.69) is 15.9 Å². The largest absolute Gasteiger partial charge is 0.497 e. The van der Waals surface area contributed by atoms with Crippen LogP contribution in [0.1, 0.15) is 37.9 Å². The van der Waals surface area contributed by atoms with Crippen molar-refractivity contribution in [3.8, 4) is 22.7 Å². The van der Waals surface area contributed by atoms with Crippen LogP contribution in [0.4, 0.5) is 0 Å². The molecule has 1 aliphatic heterocycles. The molecule has 0 spiro atoms. The minimum absolute atomic E-state index is 0.258. The number of halogens is 1. The van der Waals surface area contributed by atoms with Gasteiger partial charge in [0.05, 0.1) is 46.4 Å². The molecular weight excluding hydrogens is 640 g/mol. The minimum atomic E-state index is -0.719. The number of fused-ring (bicyclic) bond motifs is 1. The maximum Gasteiger partial charge on any atom is 0.338 e. The Kier molecular flexibility index (Phi) is 8.20. The lowest BCUT2D eigenvalue weighted by Crippen LogP contribution is -2.40. The highest BCUT2D eigenvalue weighted by Gasteiger charge is 2.34. The molecule has 5 aromatic rings. The van der Waals surface area contributed by atoms with Crippen LogP contribution in [0.25, 0.3) is 23.0 Å². The first-order chi connectivity index (χ1) is 21.2. The molecule has 0 amide bonds. The quantitative estimate of drug-likeness (QED) is 0.204. The molecule has 0 bridgehead atoms. The summed E-state index contributed by atoms with van der Waals surface area (Å²) in [6.07, 6.45) is 3.44. The lowest BCUT2D eigenvalue weighted by atomic mass is 9.96. The third-order valence-corrected chi connectivity index (χ3v) is 8.70. The third kappa shape index (κ3) is 5.70. The van der Waals surface area contributed by atoms with Crippen molar-refractivity contribution < 1.29 is 14.3 Å². The summed E-state index contributed by atoms with van der Waals surface area (Å²) in [6.45, 7) is 5.37. The lowest BCUT2D eigenvalue weighted by Gasteiger charge is -2.25. The summed E-state index contributed by atoms with van der Waals surface area (Å²) in [5.41, 5.74) is 4.64. The van der Waals surface area contributed by atoms with E-state index in [1.807, 2.05) is 95.8 Å². The molecule has 0 saturated heterocycles. The number of nitrogens with zero attached hydrogens (tertiary/aromatic N) is 4. The van der Waals surface area contributed by atoms with Crippen LogP contribution in [0.5, 0.6) is 5.75 Å². The first-order valence-electron chi connectivity index (χ1n) is 14.0. The Bertz CT molecular complexity index is 2060. The Morgan fingerprint density at radius 3 is 2.39 bits per heavy atom. The van der Waals surface area contributed by atoms with Crippen LogP contribution in [0, 0.1) is 0 Å². The van der Waals surface area contributed by atoms with Gasteiger partial charge in [-0.15, -0.1) is 0 Å². The van der Waals surface area contributed by atoms with E-state index in [-0.39, 0.29) is 11.7 Å². The predicted molar refractivity (Wildman–Crippen MR) is 175 cm³/mol. The first kappa shape index (κ1) is 29.5. The Hall–Kier alpha value is -4.54. The normalized spacial score (nSPS) is 14.9. The second-order valence-corrected chi connectivity index (χ2v) is 12.5. The molecule has 3 heterocycles.